The molecule has 0 saturated heterocycles. The molecule has 1 rings (SSSR count). The Morgan fingerprint density at radius 2 is 2.17 bits per heavy atom. The van der Waals surface area contributed by atoms with Gasteiger partial charge in [0, 0.05) is 23.4 Å². The summed E-state index contributed by atoms with van der Waals surface area (Å²) in [5, 5.41) is 15.1. The first-order chi connectivity index (χ1) is 8.52. The Morgan fingerprint density at radius 3 is 2.72 bits per heavy atom. The van der Waals surface area contributed by atoms with Crippen molar-refractivity contribution in [3.8, 4) is 0 Å². The van der Waals surface area contributed by atoms with Gasteiger partial charge in [0.25, 0.3) is 0 Å². The van der Waals surface area contributed by atoms with E-state index in [9.17, 15) is 4.79 Å². The van der Waals surface area contributed by atoms with E-state index in [0.717, 1.165) is 0 Å². The van der Waals surface area contributed by atoms with Gasteiger partial charge in [-0.2, -0.15) is 0 Å². The number of anilines is 1. The molecule has 4 nitrogen and oxygen atoms in total. The highest BCUT2D eigenvalue weighted by Gasteiger charge is 2.15. The molecule has 0 aliphatic carbocycles. The summed E-state index contributed by atoms with van der Waals surface area (Å²) in [7, 11) is 0. The minimum absolute atomic E-state index is 0.0471. The molecule has 0 aromatic heterocycles. The van der Waals surface area contributed by atoms with Crippen LogP contribution in [0.1, 0.15) is 20.3 Å². The number of hydrogen-bond donors (Lipinski definition) is 3. The van der Waals surface area contributed by atoms with E-state index in [0.29, 0.717) is 17.1 Å². The van der Waals surface area contributed by atoms with Crippen molar-refractivity contribution < 1.29 is 9.90 Å². The predicted octanol–water partition coefficient (Wildman–Crippen LogP) is 2.87. The molecule has 0 spiro atoms. The molecule has 1 unspecified atom stereocenters. The minimum Gasteiger partial charge on any atom is -0.396 e. The number of rotatable bonds is 5. The summed E-state index contributed by atoms with van der Waals surface area (Å²) >= 11 is 5.83. The number of hydrogen-bond acceptors (Lipinski definition) is 2. The van der Waals surface area contributed by atoms with E-state index < -0.39 is 0 Å². The second kappa shape index (κ2) is 7.24. The molecule has 1 aromatic rings. The van der Waals surface area contributed by atoms with E-state index >= 15 is 0 Å². The van der Waals surface area contributed by atoms with Crippen LogP contribution in [-0.2, 0) is 0 Å². The Kier molecular flexibility index (Phi) is 5.95. The van der Waals surface area contributed by atoms with E-state index in [1.165, 1.54) is 0 Å². The Balaban J connectivity index is 2.55. The summed E-state index contributed by atoms with van der Waals surface area (Å²) in [5.41, 5.74) is 0.645. The van der Waals surface area contributed by atoms with Crippen molar-refractivity contribution in [3.05, 3.63) is 29.3 Å². The van der Waals surface area contributed by atoms with Crippen LogP contribution in [0.3, 0.4) is 0 Å². The average molecular weight is 271 g/mol. The van der Waals surface area contributed by atoms with Gasteiger partial charge in [0.2, 0.25) is 0 Å². The zero-order valence-electron chi connectivity index (χ0n) is 10.6. The molecular weight excluding hydrogens is 252 g/mol. The van der Waals surface area contributed by atoms with Gasteiger partial charge in [-0.25, -0.2) is 4.79 Å². The molecule has 0 fully saturated rings. The Hall–Kier alpha value is -1.26. The lowest BCUT2D eigenvalue weighted by Gasteiger charge is -2.21. The quantitative estimate of drug-likeness (QED) is 0.770. The molecule has 0 heterocycles. The fraction of sp³-hybridized carbons (Fsp3) is 0.462. The van der Waals surface area contributed by atoms with E-state index in [1.807, 2.05) is 13.8 Å². The summed E-state index contributed by atoms with van der Waals surface area (Å²) < 4.78 is 0. The summed E-state index contributed by atoms with van der Waals surface area (Å²) in [4.78, 5) is 11.8. The first-order valence-electron chi connectivity index (χ1n) is 5.97. The lowest BCUT2D eigenvalue weighted by molar-refractivity contribution is 0.227. The highest BCUT2D eigenvalue weighted by atomic mass is 35.5. The van der Waals surface area contributed by atoms with Crippen LogP contribution >= 0.6 is 11.6 Å². The molecule has 0 saturated carbocycles. The molecule has 1 atom stereocenters. The van der Waals surface area contributed by atoms with Crippen molar-refractivity contribution >= 4 is 23.3 Å². The maximum Gasteiger partial charge on any atom is 0.319 e. The van der Waals surface area contributed by atoms with Crippen molar-refractivity contribution in [1.82, 2.24) is 5.32 Å². The molecule has 3 N–H and O–H groups in total. The fourth-order valence-electron chi connectivity index (χ4n) is 1.61. The number of halogens is 1. The van der Waals surface area contributed by atoms with Crippen LogP contribution in [0.2, 0.25) is 5.02 Å². The van der Waals surface area contributed by atoms with Crippen molar-refractivity contribution in [1.29, 1.82) is 0 Å². The van der Waals surface area contributed by atoms with Gasteiger partial charge >= 0.3 is 6.03 Å². The van der Waals surface area contributed by atoms with Crippen molar-refractivity contribution in [2.24, 2.45) is 5.92 Å². The third kappa shape index (κ3) is 4.94. The number of nitrogens with one attached hydrogen (secondary N) is 2. The van der Waals surface area contributed by atoms with Crippen molar-refractivity contribution in [2.45, 2.75) is 26.3 Å². The number of carbonyl (C=O) groups excluding carboxylic acids is 1. The molecule has 100 valence electrons. The molecule has 18 heavy (non-hydrogen) atoms. The third-order valence-electron chi connectivity index (χ3n) is 2.64. The lowest BCUT2D eigenvalue weighted by Crippen LogP contribution is -2.41. The maximum atomic E-state index is 11.8. The number of carbonyl (C=O) groups is 1. The van der Waals surface area contributed by atoms with Crippen LogP contribution in [-0.4, -0.2) is 23.8 Å². The smallest absolute Gasteiger partial charge is 0.319 e. The molecule has 0 radical (unpaired) electrons. The van der Waals surface area contributed by atoms with Gasteiger partial charge in [-0.1, -0.05) is 31.5 Å². The Morgan fingerprint density at radius 1 is 1.44 bits per heavy atom. The van der Waals surface area contributed by atoms with Crippen LogP contribution in [0, 0.1) is 5.92 Å². The van der Waals surface area contributed by atoms with Crippen molar-refractivity contribution in [3.63, 3.8) is 0 Å². The van der Waals surface area contributed by atoms with Gasteiger partial charge < -0.3 is 15.7 Å². The second-order valence-corrected chi connectivity index (χ2v) is 4.91. The van der Waals surface area contributed by atoms with Gasteiger partial charge in [-0.15, -0.1) is 0 Å². The SMILES string of the molecule is CC(C)C(CCO)NC(=O)Nc1cccc(Cl)c1. The van der Waals surface area contributed by atoms with Gasteiger partial charge in [-0.3, -0.25) is 0 Å². The topological polar surface area (TPSA) is 61.4 Å². The summed E-state index contributed by atoms with van der Waals surface area (Å²) in [6.45, 7) is 4.06. The van der Waals surface area contributed by atoms with E-state index in [-0.39, 0.29) is 24.6 Å². The highest BCUT2D eigenvalue weighted by Crippen LogP contribution is 2.15. The van der Waals surface area contributed by atoms with E-state index in [4.69, 9.17) is 16.7 Å². The normalized spacial score (nSPS) is 12.3. The minimum atomic E-state index is -0.288. The number of urea groups is 1. The molecule has 5 heteroatoms. The number of aliphatic hydroxyl groups is 1. The van der Waals surface area contributed by atoms with E-state index in [2.05, 4.69) is 10.6 Å². The van der Waals surface area contributed by atoms with Gasteiger partial charge in [0.05, 0.1) is 0 Å². The largest absolute Gasteiger partial charge is 0.396 e. The van der Waals surface area contributed by atoms with Gasteiger partial charge in [-0.05, 0) is 30.5 Å². The first-order valence-corrected chi connectivity index (χ1v) is 6.34. The lowest BCUT2D eigenvalue weighted by atomic mass is 10.0. The molecular formula is C13H19ClN2O2. The molecule has 0 aliphatic heterocycles. The van der Waals surface area contributed by atoms with Crippen LogP contribution in [0.4, 0.5) is 10.5 Å². The maximum absolute atomic E-state index is 11.8. The Bertz CT molecular complexity index is 396. The van der Waals surface area contributed by atoms with Crippen LogP contribution in [0.25, 0.3) is 0 Å². The summed E-state index contributed by atoms with van der Waals surface area (Å²) in [6.07, 6.45) is 0.542. The zero-order chi connectivity index (χ0) is 13.5. The van der Waals surface area contributed by atoms with Crippen LogP contribution < -0.4 is 10.6 Å². The number of aliphatic hydroxyl groups excluding tert-OH is 1. The average Bonchev–Trinajstić information content (AvgIpc) is 2.28. The van der Waals surface area contributed by atoms with Crippen LogP contribution in [0.15, 0.2) is 24.3 Å². The fourth-order valence-corrected chi connectivity index (χ4v) is 1.80. The summed E-state index contributed by atoms with van der Waals surface area (Å²) in [5.74, 6) is 0.266. The van der Waals surface area contributed by atoms with Gasteiger partial charge in [0.1, 0.15) is 0 Å². The number of benzene rings is 1. The predicted molar refractivity (Wildman–Crippen MR) is 73.9 cm³/mol. The second-order valence-electron chi connectivity index (χ2n) is 4.47. The molecule has 2 amide bonds. The monoisotopic (exact) mass is 270 g/mol. The molecule has 0 bridgehead atoms. The zero-order valence-corrected chi connectivity index (χ0v) is 11.4. The third-order valence-corrected chi connectivity index (χ3v) is 2.88. The van der Waals surface area contributed by atoms with E-state index in [1.54, 1.807) is 24.3 Å². The van der Waals surface area contributed by atoms with Crippen LogP contribution in [0.5, 0.6) is 0 Å². The van der Waals surface area contributed by atoms with Crippen molar-refractivity contribution in [2.75, 3.05) is 11.9 Å². The number of amides is 2. The highest BCUT2D eigenvalue weighted by molar-refractivity contribution is 6.30. The van der Waals surface area contributed by atoms with Gasteiger partial charge in [0.15, 0.2) is 0 Å². The first kappa shape index (κ1) is 14.8. The standard InChI is InChI=1S/C13H19ClN2O2/c1-9(2)12(6-7-17)16-13(18)15-11-5-3-4-10(14)8-11/h3-5,8-9,12,17H,6-7H2,1-2H3,(H2,15,16,18). The molecule has 0 aliphatic rings. The Labute approximate surface area is 112 Å². The molecule has 1 aromatic carbocycles. The summed E-state index contributed by atoms with van der Waals surface area (Å²) in [6, 6.07) is 6.62.